The van der Waals surface area contributed by atoms with Crippen LogP contribution in [-0.2, 0) is 14.3 Å². The third-order valence-corrected chi connectivity index (χ3v) is 3.31. The minimum absolute atomic E-state index is 0. The predicted molar refractivity (Wildman–Crippen MR) is 87.2 cm³/mol. The van der Waals surface area contributed by atoms with Crippen molar-refractivity contribution >= 4 is 29.9 Å². The lowest BCUT2D eigenvalue weighted by Crippen LogP contribution is -2.55. The van der Waals surface area contributed by atoms with Crippen molar-refractivity contribution in [1.29, 1.82) is 0 Å². The Balaban J connectivity index is 0.00000242. The van der Waals surface area contributed by atoms with Crippen LogP contribution in [0.3, 0.4) is 0 Å². The molecule has 122 valence electrons. The predicted octanol–water partition coefficient (Wildman–Crippen LogP) is 0.930. The van der Waals surface area contributed by atoms with E-state index in [4.69, 9.17) is 4.74 Å². The normalized spacial score (nSPS) is 20.6. The number of anilines is 1. The third-order valence-electron chi connectivity index (χ3n) is 3.31. The minimum atomic E-state index is -0.351. The number of amides is 2. The number of nitrogens with one attached hydrogen (secondary N) is 3. The number of benzene rings is 1. The molecule has 1 aliphatic rings. The highest BCUT2D eigenvalue weighted by Gasteiger charge is 2.27. The molecule has 0 bridgehead atoms. The zero-order valence-electron chi connectivity index (χ0n) is 12.5. The van der Waals surface area contributed by atoms with Gasteiger partial charge in [-0.15, -0.1) is 12.4 Å². The first-order valence-corrected chi connectivity index (χ1v) is 7.14. The van der Waals surface area contributed by atoms with Crippen molar-refractivity contribution < 1.29 is 14.3 Å². The molecule has 2 rings (SSSR count). The van der Waals surface area contributed by atoms with Crippen LogP contribution in [0.1, 0.15) is 13.3 Å². The molecule has 1 aliphatic heterocycles. The summed E-state index contributed by atoms with van der Waals surface area (Å²) in [4.78, 5) is 23.7. The molecule has 22 heavy (non-hydrogen) atoms. The summed E-state index contributed by atoms with van der Waals surface area (Å²) in [6.07, 6.45) is 0.0830. The molecule has 2 atom stereocenters. The Morgan fingerprint density at radius 2 is 2.05 bits per heavy atom. The average molecular weight is 328 g/mol. The van der Waals surface area contributed by atoms with Crippen molar-refractivity contribution in [3.63, 3.8) is 0 Å². The number of carbonyl (C=O) groups is 2. The van der Waals surface area contributed by atoms with Gasteiger partial charge in [0.15, 0.2) is 0 Å². The molecule has 0 radical (unpaired) electrons. The third kappa shape index (κ3) is 5.63. The number of morpholine rings is 1. The molecule has 1 aromatic carbocycles. The number of para-hydroxylation sites is 1. The van der Waals surface area contributed by atoms with E-state index in [2.05, 4.69) is 16.0 Å². The van der Waals surface area contributed by atoms with Crippen LogP contribution in [0, 0.1) is 0 Å². The van der Waals surface area contributed by atoms with Crippen molar-refractivity contribution in [2.75, 3.05) is 25.0 Å². The Morgan fingerprint density at radius 1 is 1.32 bits per heavy atom. The number of carbonyl (C=O) groups excluding carboxylic acids is 2. The molecule has 1 aromatic rings. The second-order valence-electron chi connectivity index (χ2n) is 4.96. The molecule has 0 spiro atoms. The van der Waals surface area contributed by atoms with Gasteiger partial charge in [-0.2, -0.15) is 0 Å². The van der Waals surface area contributed by atoms with E-state index in [9.17, 15) is 9.59 Å². The maximum absolute atomic E-state index is 12.0. The fourth-order valence-corrected chi connectivity index (χ4v) is 2.18. The van der Waals surface area contributed by atoms with Gasteiger partial charge < -0.3 is 20.7 Å². The van der Waals surface area contributed by atoms with Crippen LogP contribution in [0.15, 0.2) is 30.3 Å². The van der Waals surface area contributed by atoms with E-state index in [1.165, 1.54) is 0 Å². The van der Waals surface area contributed by atoms with Gasteiger partial charge in [-0.05, 0) is 19.1 Å². The van der Waals surface area contributed by atoms with Crippen LogP contribution >= 0.6 is 12.4 Å². The molecule has 0 unspecified atom stereocenters. The molecule has 0 aliphatic carbocycles. The van der Waals surface area contributed by atoms with Gasteiger partial charge in [0.1, 0.15) is 6.04 Å². The summed E-state index contributed by atoms with van der Waals surface area (Å²) in [5.41, 5.74) is 0.754. The number of ether oxygens (including phenoxy) is 1. The highest BCUT2D eigenvalue weighted by atomic mass is 35.5. The van der Waals surface area contributed by atoms with Crippen molar-refractivity contribution in [3.05, 3.63) is 30.3 Å². The molecular weight excluding hydrogens is 306 g/mol. The Bertz CT molecular complexity index is 484. The summed E-state index contributed by atoms with van der Waals surface area (Å²) in [7, 11) is 0. The van der Waals surface area contributed by atoms with Gasteiger partial charge in [-0.3, -0.25) is 9.59 Å². The smallest absolute Gasteiger partial charge is 0.239 e. The number of hydrogen-bond acceptors (Lipinski definition) is 4. The molecule has 7 heteroatoms. The molecule has 0 saturated carbocycles. The van der Waals surface area contributed by atoms with Crippen LogP contribution < -0.4 is 16.0 Å². The van der Waals surface area contributed by atoms with E-state index in [0.717, 1.165) is 5.69 Å². The second kappa shape index (κ2) is 9.40. The fourth-order valence-electron chi connectivity index (χ4n) is 2.18. The van der Waals surface area contributed by atoms with E-state index < -0.39 is 0 Å². The summed E-state index contributed by atoms with van der Waals surface area (Å²) in [5, 5.41) is 8.64. The van der Waals surface area contributed by atoms with Crippen LogP contribution in [-0.4, -0.2) is 43.7 Å². The van der Waals surface area contributed by atoms with Crippen molar-refractivity contribution in [1.82, 2.24) is 10.6 Å². The van der Waals surface area contributed by atoms with Gasteiger partial charge in [-0.1, -0.05) is 18.2 Å². The number of rotatable bonds is 5. The van der Waals surface area contributed by atoms with E-state index in [1.54, 1.807) is 0 Å². The fraction of sp³-hybridized carbons (Fsp3) is 0.467. The molecule has 0 aromatic heterocycles. The topological polar surface area (TPSA) is 79.5 Å². The summed E-state index contributed by atoms with van der Waals surface area (Å²) in [5.74, 6) is -0.253. The molecular formula is C15H22ClN3O3. The molecule has 2 amide bonds. The lowest BCUT2D eigenvalue weighted by molar-refractivity contribution is -0.128. The Labute approximate surface area is 136 Å². The Morgan fingerprint density at radius 3 is 2.73 bits per heavy atom. The van der Waals surface area contributed by atoms with E-state index >= 15 is 0 Å². The minimum Gasteiger partial charge on any atom is -0.375 e. The number of halogens is 1. The molecule has 3 N–H and O–H groups in total. The van der Waals surface area contributed by atoms with Gasteiger partial charge in [0.05, 0.1) is 12.7 Å². The lowest BCUT2D eigenvalue weighted by Gasteiger charge is -2.29. The SMILES string of the molecule is C[C@H]1OCCN[C@@H]1C(=O)NCCC(=O)Nc1ccccc1.Cl. The molecule has 1 fully saturated rings. The van der Waals surface area contributed by atoms with Crippen molar-refractivity contribution in [2.24, 2.45) is 0 Å². The molecule has 6 nitrogen and oxygen atoms in total. The summed E-state index contributed by atoms with van der Waals surface area (Å²) in [6.45, 7) is 3.45. The first kappa shape index (κ1) is 18.4. The maximum atomic E-state index is 12.0. The van der Waals surface area contributed by atoms with Crippen LogP contribution in [0.25, 0.3) is 0 Å². The van der Waals surface area contributed by atoms with Gasteiger partial charge in [-0.25, -0.2) is 0 Å². The summed E-state index contributed by atoms with van der Waals surface area (Å²) in [6, 6.07) is 8.89. The average Bonchev–Trinajstić information content (AvgIpc) is 2.48. The monoisotopic (exact) mass is 327 g/mol. The first-order valence-electron chi connectivity index (χ1n) is 7.14. The van der Waals surface area contributed by atoms with Crippen molar-refractivity contribution in [2.45, 2.75) is 25.5 Å². The highest BCUT2D eigenvalue weighted by Crippen LogP contribution is 2.06. The quantitative estimate of drug-likeness (QED) is 0.751. The van der Waals surface area contributed by atoms with E-state index in [-0.39, 0.29) is 42.8 Å². The first-order chi connectivity index (χ1) is 10.2. The standard InChI is InChI=1S/C15H21N3O3.ClH/c1-11-14(16-9-10-21-11)15(20)17-8-7-13(19)18-12-5-3-2-4-6-12;/h2-6,11,14,16H,7-10H2,1H3,(H,17,20)(H,18,19);1H/t11-,14+;/m1./s1. The number of hydrogen-bond donors (Lipinski definition) is 3. The maximum Gasteiger partial charge on any atom is 0.239 e. The van der Waals surface area contributed by atoms with Gasteiger partial charge in [0.2, 0.25) is 11.8 Å². The Hall–Kier alpha value is -1.63. The zero-order valence-corrected chi connectivity index (χ0v) is 13.3. The lowest BCUT2D eigenvalue weighted by atomic mass is 10.1. The summed E-state index contributed by atoms with van der Waals surface area (Å²) < 4.78 is 5.42. The van der Waals surface area contributed by atoms with E-state index in [1.807, 2.05) is 37.3 Å². The summed E-state index contributed by atoms with van der Waals surface area (Å²) >= 11 is 0. The van der Waals surface area contributed by atoms with Crippen LogP contribution in [0.4, 0.5) is 5.69 Å². The van der Waals surface area contributed by atoms with E-state index in [0.29, 0.717) is 19.7 Å². The van der Waals surface area contributed by atoms with Gasteiger partial charge in [0.25, 0.3) is 0 Å². The van der Waals surface area contributed by atoms with Crippen molar-refractivity contribution in [3.8, 4) is 0 Å². The van der Waals surface area contributed by atoms with Gasteiger partial charge >= 0.3 is 0 Å². The van der Waals surface area contributed by atoms with Crippen LogP contribution in [0.5, 0.6) is 0 Å². The Kier molecular flexibility index (Phi) is 7.87. The zero-order chi connectivity index (χ0) is 15.1. The molecule has 1 heterocycles. The largest absolute Gasteiger partial charge is 0.375 e. The highest BCUT2D eigenvalue weighted by molar-refractivity contribution is 5.91. The van der Waals surface area contributed by atoms with Crippen LogP contribution in [0.2, 0.25) is 0 Å². The molecule has 1 saturated heterocycles. The second-order valence-corrected chi connectivity index (χ2v) is 4.96. The van der Waals surface area contributed by atoms with Gasteiger partial charge in [0, 0.05) is 25.2 Å².